The number of hydrogen-bond donors (Lipinski definition) is 1. The number of nitrogens with zero attached hydrogens (tertiary/aromatic N) is 1. The zero-order chi connectivity index (χ0) is 19.8. The van der Waals surface area contributed by atoms with Crippen LogP contribution in [0.15, 0.2) is 30.3 Å². The predicted octanol–water partition coefficient (Wildman–Crippen LogP) is 5.51. The number of benzene rings is 2. The second-order valence-electron chi connectivity index (χ2n) is 6.91. The summed E-state index contributed by atoms with van der Waals surface area (Å²) in [5, 5.41) is 11.1. The van der Waals surface area contributed by atoms with Crippen molar-refractivity contribution >= 4 is 33.5 Å². The highest BCUT2D eigenvalue weighted by molar-refractivity contribution is 14.1. The van der Waals surface area contributed by atoms with Gasteiger partial charge in [-0.1, -0.05) is 0 Å². The van der Waals surface area contributed by atoms with E-state index < -0.39 is 11.6 Å². The van der Waals surface area contributed by atoms with Crippen LogP contribution in [0.5, 0.6) is 11.5 Å². The van der Waals surface area contributed by atoms with Gasteiger partial charge in [-0.3, -0.25) is 0 Å². The molecule has 1 saturated heterocycles. The van der Waals surface area contributed by atoms with E-state index in [-0.39, 0.29) is 17.4 Å². The quantitative estimate of drug-likeness (QED) is 0.484. The average Bonchev–Trinajstić information content (AvgIpc) is 2.83. The third-order valence-electron chi connectivity index (χ3n) is 5.22. The maximum absolute atomic E-state index is 14.2. The number of aromatic nitrogens is 1. The van der Waals surface area contributed by atoms with Gasteiger partial charge in [-0.05, 0) is 60.1 Å². The van der Waals surface area contributed by atoms with E-state index in [1.54, 1.807) is 12.1 Å². The largest absolute Gasteiger partial charge is 0.507 e. The minimum absolute atomic E-state index is 0.0988. The zero-order valence-corrected chi connectivity index (χ0v) is 17.5. The molecule has 0 saturated carbocycles. The van der Waals surface area contributed by atoms with E-state index in [1.807, 2.05) is 4.57 Å². The van der Waals surface area contributed by atoms with Gasteiger partial charge in [-0.25, -0.2) is 8.78 Å². The van der Waals surface area contributed by atoms with Crippen LogP contribution >= 0.6 is 22.6 Å². The van der Waals surface area contributed by atoms with Crippen LogP contribution in [0, 0.1) is 15.2 Å². The fourth-order valence-electron chi connectivity index (χ4n) is 3.94. The first-order valence-corrected chi connectivity index (χ1v) is 10.2. The Morgan fingerprint density at radius 3 is 2.79 bits per heavy atom. The Balaban J connectivity index is 2.03. The molecule has 148 valence electrons. The van der Waals surface area contributed by atoms with Crippen LogP contribution < -0.4 is 4.74 Å². The molecule has 1 aromatic heterocycles. The van der Waals surface area contributed by atoms with Gasteiger partial charge in [0, 0.05) is 46.2 Å². The SMILES string of the molecule is COc1cc(-n2c(C3CCCOCC3)c(I)c3c(O)cc(F)cc32)ccc1F. The van der Waals surface area contributed by atoms with Crippen molar-refractivity contribution in [1.29, 1.82) is 0 Å². The third kappa shape index (κ3) is 3.34. The summed E-state index contributed by atoms with van der Waals surface area (Å²) in [4.78, 5) is 0. The van der Waals surface area contributed by atoms with Gasteiger partial charge in [0.15, 0.2) is 11.6 Å². The monoisotopic (exact) mass is 499 g/mol. The van der Waals surface area contributed by atoms with Gasteiger partial charge in [-0.15, -0.1) is 0 Å². The molecule has 1 aliphatic heterocycles. The highest BCUT2D eigenvalue weighted by Gasteiger charge is 2.27. The molecule has 4 rings (SSSR count). The molecule has 1 unspecified atom stereocenters. The summed E-state index contributed by atoms with van der Waals surface area (Å²) in [5.74, 6) is -0.787. The van der Waals surface area contributed by atoms with Crippen molar-refractivity contribution in [3.63, 3.8) is 0 Å². The molecule has 7 heteroatoms. The molecule has 2 heterocycles. The summed E-state index contributed by atoms with van der Waals surface area (Å²) in [5.41, 5.74) is 2.20. The maximum Gasteiger partial charge on any atom is 0.165 e. The first-order chi connectivity index (χ1) is 13.5. The van der Waals surface area contributed by atoms with Gasteiger partial charge < -0.3 is 19.1 Å². The molecule has 0 bridgehead atoms. The first-order valence-electron chi connectivity index (χ1n) is 9.15. The van der Waals surface area contributed by atoms with Crippen LogP contribution in [-0.2, 0) is 4.74 Å². The molecule has 0 amide bonds. The standard InChI is InChI=1S/C21H20F2INO3/c1-27-18-11-14(4-5-15(18)23)25-16-9-13(22)10-17(26)19(16)20(24)21(25)12-3-2-7-28-8-6-12/h4-5,9-12,26H,2-3,6-8H2,1H3. The number of aromatic hydroxyl groups is 1. The predicted molar refractivity (Wildman–Crippen MR) is 112 cm³/mol. The van der Waals surface area contributed by atoms with Gasteiger partial charge in [0.1, 0.15) is 11.6 Å². The van der Waals surface area contributed by atoms with E-state index in [9.17, 15) is 13.9 Å². The molecule has 1 atom stereocenters. The lowest BCUT2D eigenvalue weighted by molar-refractivity contribution is 0.143. The molecule has 2 aromatic carbocycles. The van der Waals surface area contributed by atoms with E-state index in [0.717, 1.165) is 41.2 Å². The number of rotatable bonds is 3. The van der Waals surface area contributed by atoms with Crippen LogP contribution in [-0.4, -0.2) is 30.0 Å². The van der Waals surface area contributed by atoms with E-state index in [1.165, 1.54) is 19.2 Å². The first kappa shape index (κ1) is 19.4. The summed E-state index contributed by atoms with van der Waals surface area (Å²) in [6, 6.07) is 7.12. The number of fused-ring (bicyclic) bond motifs is 1. The molecule has 0 aliphatic carbocycles. The second kappa shape index (κ2) is 7.87. The Hall–Kier alpha value is -1.87. The lowest BCUT2D eigenvalue weighted by atomic mass is 9.96. The summed E-state index contributed by atoms with van der Waals surface area (Å²) < 4.78 is 41.7. The summed E-state index contributed by atoms with van der Waals surface area (Å²) in [6.07, 6.45) is 2.68. The molecule has 3 aromatic rings. The summed E-state index contributed by atoms with van der Waals surface area (Å²) >= 11 is 2.21. The number of methoxy groups -OCH3 is 1. The molecule has 0 spiro atoms. The Morgan fingerprint density at radius 2 is 2.00 bits per heavy atom. The van der Waals surface area contributed by atoms with Crippen LogP contribution in [0.1, 0.15) is 30.9 Å². The van der Waals surface area contributed by atoms with E-state index in [4.69, 9.17) is 9.47 Å². The summed E-state index contributed by atoms with van der Waals surface area (Å²) in [6.45, 7) is 1.37. The fraction of sp³-hybridized carbons (Fsp3) is 0.333. The van der Waals surface area contributed by atoms with Gasteiger partial charge in [0.05, 0.1) is 18.0 Å². The van der Waals surface area contributed by atoms with Crippen LogP contribution in [0.3, 0.4) is 0 Å². The fourth-order valence-corrected chi connectivity index (χ4v) is 5.17. The molecular formula is C21H20F2INO3. The number of hydrogen-bond acceptors (Lipinski definition) is 3. The minimum atomic E-state index is -0.523. The normalized spacial score (nSPS) is 17.6. The molecule has 1 aliphatic rings. The molecule has 28 heavy (non-hydrogen) atoms. The Morgan fingerprint density at radius 1 is 1.18 bits per heavy atom. The minimum Gasteiger partial charge on any atom is -0.507 e. The van der Waals surface area contributed by atoms with Gasteiger partial charge in [-0.2, -0.15) is 0 Å². The van der Waals surface area contributed by atoms with Crippen LogP contribution in [0.4, 0.5) is 8.78 Å². The van der Waals surface area contributed by atoms with Crippen molar-refractivity contribution in [2.45, 2.75) is 25.2 Å². The highest BCUT2D eigenvalue weighted by atomic mass is 127. The number of phenolic OH excluding ortho intramolecular Hbond substituents is 1. The van der Waals surface area contributed by atoms with E-state index in [2.05, 4.69) is 22.6 Å². The number of phenols is 1. The average molecular weight is 499 g/mol. The van der Waals surface area contributed by atoms with Gasteiger partial charge in [0.25, 0.3) is 0 Å². The molecule has 1 fully saturated rings. The smallest absolute Gasteiger partial charge is 0.165 e. The van der Waals surface area contributed by atoms with Gasteiger partial charge >= 0.3 is 0 Å². The Labute approximate surface area is 175 Å². The lowest BCUT2D eigenvalue weighted by Crippen LogP contribution is -2.09. The summed E-state index contributed by atoms with van der Waals surface area (Å²) in [7, 11) is 1.41. The van der Waals surface area contributed by atoms with Crippen molar-refractivity contribution in [3.05, 3.63) is 51.2 Å². The van der Waals surface area contributed by atoms with E-state index >= 15 is 0 Å². The van der Waals surface area contributed by atoms with Crippen molar-refractivity contribution in [1.82, 2.24) is 4.57 Å². The Bertz CT molecular complexity index is 1030. The zero-order valence-electron chi connectivity index (χ0n) is 15.3. The van der Waals surface area contributed by atoms with Crippen molar-refractivity contribution < 1.29 is 23.4 Å². The number of ether oxygens (including phenoxy) is 2. The third-order valence-corrected chi connectivity index (χ3v) is 6.31. The molecule has 4 nitrogen and oxygen atoms in total. The topological polar surface area (TPSA) is 43.6 Å². The second-order valence-corrected chi connectivity index (χ2v) is 7.99. The van der Waals surface area contributed by atoms with Crippen molar-refractivity contribution in [2.75, 3.05) is 20.3 Å². The van der Waals surface area contributed by atoms with Crippen LogP contribution in [0.2, 0.25) is 0 Å². The number of halogens is 3. The van der Waals surface area contributed by atoms with E-state index in [0.29, 0.717) is 23.2 Å². The molecular weight excluding hydrogens is 479 g/mol. The maximum atomic E-state index is 14.2. The Kier molecular flexibility index (Phi) is 5.46. The highest BCUT2D eigenvalue weighted by Crippen LogP contribution is 2.42. The van der Waals surface area contributed by atoms with Gasteiger partial charge in [0.2, 0.25) is 0 Å². The van der Waals surface area contributed by atoms with Crippen LogP contribution in [0.25, 0.3) is 16.6 Å². The van der Waals surface area contributed by atoms with Crippen molar-refractivity contribution in [2.24, 2.45) is 0 Å². The molecule has 0 radical (unpaired) electrons. The van der Waals surface area contributed by atoms with Crippen molar-refractivity contribution in [3.8, 4) is 17.2 Å². The lowest BCUT2D eigenvalue weighted by Gasteiger charge is -2.19. The molecule has 1 N–H and O–H groups in total.